The van der Waals surface area contributed by atoms with E-state index in [-0.39, 0.29) is 17.0 Å². The molecular weight excluding hydrogens is 236 g/mol. The number of hydrogen-bond donors (Lipinski definition) is 0. The molecule has 5 aliphatic carbocycles. The number of ether oxygens (including phenoxy) is 1. The topological polar surface area (TPSA) is 26.3 Å². The second-order valence-corrected chi connectivity index (χ2v) is 8.24. The highest BCUT2D eigenvalue weighted by Gasteiger charge is 2.56. The molecule has 5 saturated carbocycles. The SMILES string of the molecule is CC1(OC(=O)C23CC4CC(CC(C4)C2)C3)CCCC1. The lowest BCUT2D eigenvalue weighted by molar-refractivity contribution is -0.185. The maximum atomic E-state index is 12.8. The molecule has 0 aliphatic heterocycles. The summed E-state index contributed by atoms with van der Waals surface area (Å²) in [5, 5.41) is 0. The molecule has 2 nitrogen and oxygen atoms in total. The summed E-state index contributed by atoms with van der Waals surface area (Å²) in [5.74, 6) is 2.66. The Kier molecular flexibility index (Phi) is 2.57. The molecule has 5 fully saturated rings. The molecule has 5 aliphatic rings. The van der Waals surface area contributed by atoms with Gasteiger partial charge in [0.25, 0.3) is 0 Å². The Hall–Kier alpha value is -0.530. The first-order valence-electron chi connectivity index (χ1n) is 8.30. The molecule has 0 amide bonds. The molecule has 0 aromatic rings. The molecular formula is C17H26O2. The van der Waals surface area contributed by atoms with Crippen molar-refractivity contribution in [2.45, 2.75) is 76.7 Å². The zero-order valence-electron chi connectivity index (χ0n) is 12.1. The molecule has 19 heavy (non-hydrogen) atoms. The Morgan fingerprint density at radius 1 is 0.947 bits per heavy atom. The minimum Gasteiger partial charge on any atom is -0.459 e. The van der Waals surface area contributed by atoms with E-state index in [1.54, 1.807) is 0 Å². The number of hydrogen-bond acceptors (Lipinski definition) is 2. The van der Waals surface area contributed by atoms with Crippen LogP contribution in [-0.4, -0.2) is 11.6 Å². The fourth-order valence-electron chi connectivity index (χ4n) is 5.92. The molecule has 0 aromatic heterocycles. The molecule has 0 radical (unpaired) electrons. The molecule has 0 aromatic carbocycles. The third kappa shape index (κ3) is 1.94. The summed E-state index contributed by atoms with van der Waals surface area (Å²) in [6.45, 7) is 2.15. The number of esters is 1. The quantitative estimate of drug-likeness (QED) is 0.701. The Labute approximate surface area is 116 Å². The van der Waals surface area contributed by atoms with Crippen LogP contribution in [-0.2, 0) is 9.53 Å². The third-order valence-electron chi connectivity index (χ3n) is 6.47. The first-order valence-corrected chi connectivity index (χ1v) is 8.30. The van der Waals surface area contributed by atoms with Gasteiger partial charge >= 0.3 is 5.97 Å². The fourth-order valence-corrected chi connectivity index (χ4v) is 5.92. The minimum absolute atomic E-state index is 0.0691. The average molecular weight is 262 g/mol. The molecule has 5 rings (SSSR count). The highest BCUT2D eigenvalue weighted by atomic mass is 16.6. The van der Waals surface area contributed by atoms with Gasteiger partial charge in [0.1, 0.15) is 5.60 Å². The number of rotatable bonds is 2. The van der Waals surface area contributed by atoms with Crippen molar-refractivity contribution in [1.82, 2.24) is 0 Å². The van der Waals surface area contributed by atoms with Gasteiger partial charge in [-0.2, -0.15) is 0 Å². The molecule has 0 unspecified atom stereocenters. The maximum Gasteiger partial charge on any atom is 0.312 e. The predicted molar refractivity (Wildman–Crippen MR) is 73.6 cm³/mol. The van der Waals surface area contributed by atoms with E-state index in [1.165, 1.54) is 32.1 Å². The van der Waals surface area contributed by atoms with Gasteiger partial charge in [0.15, 0.2) is 0 Å². The summed E-state index contributed by atoms with van der Waals surface area (Å²) in [7, 11) is 0. The first-order chi connectivity index (χ1) is 9.07. The van der Waals surface area contributed by atoms with E-state index in [0.29, 0.717) is 0 Å². The normalized spacial score (nSPS) is 46.5. The summed E-state index contributed by atoms with van der Waals surface area (Å²) < 4.78 is 6.04. The molecule has 0 saturated heterocycles. The Morgan fingerprint density at radius 3 is 1.89 bits per heavy atom. The molecule has 2 heteroatoms. The van der Waals surface area contributed by atoms with E-state index >= 15 is 0 Å². The molecule has 0 N–H and O–H groups in total. The largest absolute Gasteiger partial charge is 0.459 e. The Morgan fingerprint density at radius 2 is 1.42 bits per heavy atom. The first kappa shape index (κ1) is 12.2. The van der Waals surface area contributed by atoms with Gasteiger partial charge in [0.2, 0.25) is 0 Å². The van der Waals surface area contributed by atoms with E-state index in [4.69, 9.17) is 4.74 Å². The van der Waals surface area contributed by atoms with Crippen molar-refractivity contribution in [3.8, 4) is 0 Å². The Balaban J connectivity index is 1.53. The van der Waals surface area contributed by atoms with Crippen LogP contribution < -0.4 is 0 Å². The smallest absolute Gasteiger partial charge is 0.312 e. The fraction of sp³-hybridized carbons (Fsp3) is 0.941. The van der Waals surface area contributed by atoms with Crippen LogP contribution in [0.4, 0.5) is 0 Å². The second-order valence-electron chi connectivity index (χ2n) is 8.24. The van der Waals surface area contributed by atoms with Crippen LogP contribution in [0.2, 0.25) is 0 Å². The highest BCUT2D eigenvalue weighted by Crippen LogP contribution is 2.60. The molecule has 4 bridgehead atoms. The van der Waals surface area contributed by atoms with Gasteiger partial charge < -0.3 is 4.74 Å². The van der Waals surface area contributed by atoms with Crippen LogP contribution in [0.25, 0.3) is 0 Å². The van der Waals surface area contributed by atoms with Crippen LogP contribution in [0, 0.1) is 23.2 Å². The van der Waals surface area contributed by atoms with Gasteiger partial charge in [-0.25, -0.2) is 0 Å². The highest BCUT2D eigenvalue weighted by molar-refractivity contribution is 5.78. The summed E-state index contributed by atoms with van der Waals surface area (Å²) in [6, 6.07) is 0. The van der Waals surface area contributed by atoms with Crippen LogP contribution in [0.5, 0.6) is 0 Å². The lowest BCUT2D eigenvalue weighted by Crippen LogP contribution is -2.52. The van der Waals surface area contributed by atoms with Crippen molar-refractivity contribution in [2.75, 3.05) is 0 Å². The minimum atomic E-state index is -0.138. The van der Waals surface area contributed by atoms with E-state index < -0.39 is 0 Å². The van der Waals surface area contributed by atoms with Gasteiger partial charge in [-0.15, -0.1) is 0 Å². The van der Waals surface area contributed by atoms with Crippen LogP contribution in [0.3, 0.4) is 0 Å². The van der Waals surface area contributed by atoms with Crippen molar-refractivity contribution in [1.29, 1.82) is 0 Å². The van der Waals surface area contributed by atoms with Crippen molar-refractivity contribution in [3.05, 3.63) is 0 Å². The zero-order valence-corrected chi connectivity index (χ0v) is 12.1. The lowest BCUT2D eigenvalue weighted by atomic mass is 9.49. The van der Waals surface area contributed by atoms with Gasteiger partial charge in [-0.1, -0.05) is 0 Å². The van der Waals surface area contributed by atoms with Crippen LogP contribution in [0.1, 0.15) is 71.1 Å². The third-order valence-corrected chi connectivity index (χ3v) is 6.47. The van der Waals surface area contributed by atoms with Gasteiger partial charge in [-0.3, -0.25) is 4.79 Å². The van der Waals surface area contributed by atoms with Gasteiger partial charge in [-0.05, 0) is 88.9 Å². The summed E-state index contributed by atoms with van der Waals surface area (Å²) in [6.07, 6.45) is 12.2. The predicted octanol–water partition coefficient (Wildman–Crippen LogP) is 4.08. The number of carbonyl (C=O) groups excluding carboxylic acids is 1. The van der Waals surface area contributed by atoms with Crippen molar-refractivity contribution in [2.24, 2.45) is 23.2 Å². The summed E-state index contributed by atoms with van der Waals surface area (Å²) in [5.41, 5.74) is -0.208. The molecule has 0 heterocycles. The van der Waals surface area contributed by atoms with Gasteiger partial charge in [0, 0.05) is 0 Å². The van der Waals surface area contributed by atoms with Crippen LogP contribution >= 0.6 is 0 Å². The summed E-state index contributed by atoms with van der Waals surface area (Å²) >= 11 is 0. The maximum absolute atomic E-state index is 12.8. The van der Waals surface area contributed by atoms with Crippen molar-refractivity contribution < 1.29 is 9.53 Å². The second kappa shape index (κ2) is 3.99. The Bertz CT molecular complexity index is 357. The lowest BCUT2D eigenvalue weighted by Gasteiger charge is -2.55. The van der Waals surface area contributed by atoms with E-state index in [2.05, 4.69) is 6.92 Å². The van der Waals surface area contributed by atoms with E-state index in [9.17, 15) is 4.79 Å². The molecule has 0 spiro atoms. The average Bonchev–Trinajstić information content (AvgIpc) is 2.74. The number of carbonyl (C=O) groups is 1. The standard InChI is InChI=1S/C17H26O2/c1-16(4-2-3-5-16)19-15(18)17-9-12-6-13(10-17)8-14(7-12)11-17/h12-14H,2-11H2,1H3. The van der Waals surface area contributed by atoms with Crippen LogP contribution in [0.15, 0.2) is 0 Å². The van der Waals surface area contributed by atoms with Crippen molar-refractivity contribution in [3.63, 3.8) is 0 Å². The van der Waals surface area contributed by atoms with E-state index in [1.807, 2.05) is 0 Å². The zero-order chi connectivity index (χ0) is 13.1. The van der Waals surface area contributed by atoms with Crippen molar-refractivity contribution >= 4 is 5.97 Å². The van der Waals surface area contributed by atoms with E-state index in [0.717, 1.165) is 49.9 Å². The molecule has 106 valence electrons. The summed E-state index contributed by atoms with van der Waals surface area (Å²) in [4.78, 5) is 12.8. The van der Waals surface area contributed by atoms with Gasteiger partial charge in [0.05, 0.1) is 5.41 Å². The molecule has 0 atom stereocenters. The monoisotopic (exact) mass is 262 g/mol.